The Kier molecular flexibility index (Phi) is 4.94. The van der Waals surface area contributed by atoms with Crippen LogP contribution in [0.2, 0.25) is 0 Å². The van der Waals surface area contributed by atoms with Gasteiger partial charge in [-0.2, -0.15) is 5.10 Å². The van der Waals surface area contributed by atoms with Crippen LogP contribution in [-0.4, -0.2) is 29.4 Å². The van der Waals surface area contributed by atoms with Gasteiger partial charge in [0.2, 0.25) is 12.7 Å². The number of hydrogen-bond acceptors (Lipinski definition) is 4. The Balaban J connectivity index is 1.59. The third-order valence-corrected chi connectivity index (χ3v) is 5.05. The fourth-order valence-electron chi connectivity index (χ4n) is 3.48. The number of carbonyl (C=O) groups excluding carboxylic acids is 1. The highest BCUT2D eigenvalue weighted by Gasteiger charge is 2.25. The van der Waals surface area contributed by atoms with Gasteiger partial charge in [0.15, 0.2) is 11.5 Å². The van der Waals surface area contributed by atoms with Crippen molar-refractivity contribution in [3.05, 3.63) is 40.7 Å². The number of rotatable bonds is 6. The Morgan fingerprint density at radius 1 is 1.31 bits per heavy atom. The second-order valence-corrected chi connectivity index (χ2v) is 7.68. The maximum absolute atomic E-state index is 12.5. The molecule has 2 heterocycles. The second kappa shape index (κ2) is 7.02. The normalized spacial score (nSPS) is 14.3. The van der Waals surface area contributed by atoms with E-state index >= 15 is 0 Å². The van der Waals surface area contributed by atoms with Crippen LogP contribution in [0.3, 0.4) is 0 Å². The van der Waals surface area contributed by atoms with Crippen molar-refractivity contribution in [2.45, 2.75) is 52.4 Å². The molecule has 1 aromatic carbocycles. The van der Waals surface area contributed by atoms with Crippen LogP contribution >= 0.6 is 0 Å². The zero-order valence-electron chi connectivity index (χ0n) is 16.1. The maximum atomic E-state index is 12.5. The smallest absolute Gasteiger partial charge is 0.231 e. The van der Waals surface area contributed by atoms with Crippen LogP contribution in [-0.2, 0) is 10.2 Å². The molecule has 2 N–H and O–H groups in total. The molecule has 6 nitrogen and oxygen atoms in total. The molecule has 0 unspecified atom stereocenters. The lowest BCUT2D eigenvalue weighted by Crippen LogP contribution is -2.37. The van der Waals surface area contributed by atoms with E-state index in [1.54, 1.807) is 0 Å². The summed E-state index contributed by atoms with van der Waals surface area (Å²) in [6, 6.07) is 5.95. The van der Waals surface area contributed by atoms with Gasteiger partial charge in [0.25, 0.3) is 0 Å². The van der Waals surface area contributed by atoms with Crippen LogP contribution in [0.1, 0.15) is 55.6 Å². The van der Waals surface area contributed by atoms with Gasteiger partial charge in [-0.3, -0.25) is 9.89 Å². The van der Waals surface area contributed by atoms with Crippen LogP contribution in [0, 0.1) is 13.8 Å². The molecule has 0 saturated carbocycles. The number of hydrogen-bond donors (Lipinski definition) is 2. The molecule has 0 saturated heterocycles. The van der Waals surface area contributed by atoms with E-state index in [9.17, 15) is 4.79 Å². The number of amides is 1. The highest BCUT2D eigenvalue weighted by molar-refractivity contribution is 5.77. The standard InChI is InChI=1S/C20H27N3O3/c1-12(19-13(2)22-23-14(19)3)8-18(24)21-10-20(4,5)15-6-7-16-17(9-15)26-11-25-16/h6-7,9,12H,8,10-11H2,1-5H3,(H,21,24)(H,22,23)/t12-/m1/s1. The number of nitrogens with one attached hydrogen (secondary N) is 2. The van der Waals surface area contributed by atoms with E-state index in [-0.39, 0.29) is 24.0 Å². The number of ether oxygens (including phenoxy) is 2. The highest BCUT2D eigenvalue weighted by Crippen LogP contribution is 2.36. The molecule has 1 aliphatic heterocycles. The summed E-state index contributed by atoms with van der Waals surface area (Å²) in [4.78, 5) is 12.5. The van der Waals surface area contributed by atoms with Crippen LogP contribution in [0.25, 0.3) is 0 Å². The maximum Gasteiger partial charge on any atom is 0.231 e. The third kappa shape index (κ3) is 3.69. The Bertz CT molecular complexity index is 791. The van der Waals surface area contributed by atoms with Gasteiger partial charge in [-0.05, 0) is 43.0 Å². The van der Waals surface area contributed by atoms with Crippen molar-refractivity contribution in [3.8, 4) is 11.5 Å². The number of fused-ring (bicyclic) bond motifs is 1. The summed E-state index contributed by atoms with van der Waals surface area (Å²) in [5.74, 6) is 1.71. The quantitative estimate of drug-likeness (QED) is 0.831. The number of nitrogens with zero attached hydrogens (tertiary/aromatic N) is 1. The average Bonchev–Trinajstić information content (AvgIpc) is 3.18. The van der Waals surface area contributed by atoms with Gasteiger partial charge < -0.3 is 14.8 Å². The molecule has 26 heavy (non-hydrogen) atoms. The first-order valence-electron chi connectivity index (χ1n) is 8.96. The van der Waals surface area contributed by atoms with Gasteiger partial charge in [0.05, 0.1) is 5.69 Å². The number of aromatic amines is 1. The third-order valence-electron chi connectivity index (χ3n) is 5.05. The zero-order chi connectivity index (χ0) is 18.9. The van der Waals surface area contributed by atoms with Crippen molar-refractivity contribution >= 4 is 5.91 Å². The topological polar surface area (TPSA) is 76.2 Å². The summed E-state index contributed by atoms with van der Waals surface area (Å²) in [6.45, 7) is 11.1. The van der Waals surface area contributed by atoms with E-state index in [4.69, 9.17) is 9.47 Å². The first-order valence-corrected chi connectivity index (χ1v) is 8.96. The fraction of sp³-hybridized carbons (Fsp3) is 0.500. The number of carbonyl (C=O) groups is 1. The summed E-state index contributed by atoms with van der Waals surface area (Å²) >= 11 is 0. The zero-order valence-corrected chi connectivity index (χ0v) is 16.1. The summed E-state index contributed by atoms with van der Waals surface area (Å²) in [6.07, 6.45) is 0.443. The summed E-state index contributed by atoms with van der Waals surface area (Å²) < 4.78 is 10.8. The monoisotopic (exact) mass is 357 g/mol. The van der Waals surface area contributed by atoms with Gasteiger partial charge in [-0.25, -0.2) is 0 Å². The van der Waals surface area contributed by atoms with Crippen LogP contribution in [0.4, 0.5) is 0 Å². The average molecular weight is 357 g/mol. The van der Waals surface area contributed by atoms with E-state index in [1.165, 1.54) is 0 Å². The molecule has 1 aromatic heterocycles. The largest absolute Gasteiger partial charge is 0.454 e. The van der Waals surface area contributed by atoms with Crippen molar-refractivity contribution < 1.29 is 14.3 Å². The molecule has 1 amide bonds. The molecule has 0 fully saturated rings. The highest BCUT2D eigenvalue weighted by atomic mass is 16.7. The van der Waals surface area contributed by atoms with Crippen LogP contribution in [0.15, 0.2) is 18.2 Å². The number of aryl methyl sites for hydroxylation is 2. The summed E-state index contributed by atoms with van der Waals surface area (Å²) in [7, 11) is 0. The molecular weight excluding hydrogens is 330 g/mol. The Morgan fingerprint density at radius 2 is 2.04 bits per heavy atom. The van der Waals surface area contributed by atoms with Crippen molar-refractivity contribution in [1.29, 1.82) is 0 Å². The molecule has 1 atom stereocenters. The predicted octanol–water partition coefficient (Wildman–Crippen LogP) is 3.34. The molecule has 0 spiro atoms. The van der Waals surface area contributed by atoms with Gasteiger partial charge in [0, 0.05) is 24.1 Å². The molecule has 0 aliphatic carbocycles. The molecule has 140 valence electrons. The van der Waals surface area contributed by atoms with Gasteiger partial charge in [-0.15, -0.1) is 0 Å². The molecule has 1 aliphatic rings. The molecular formula is C20H27N3O3. The molecule has 3 rings (SSSR count). The Morgan fingerprint density at radius 3 is 2.73 bits per heavy atom. The van der Waals surface area contributed by atoms with Crippen molar-refractivity contribution in [3.63, 3.8) is 0 Å². The minimum Gasteiger partial charge on any atom is -0.454 e. The first-order chi connectivity index (χ1) is 12.3. The van der Waals surface area contributed by atoms with E-state index in [0.29, 0.717) is 13.0 Å². The molecule has 0 radical (unpaired) electrons. The van der Waals surface area contributed by atoms with Gasteiger partial charge in [0.1, 0.15) is 0 Å². The Hall–Kier alpha value is -2.50. The number of H-pyrrole nitrogens is 1. The lowest BCUT2D eigenvalue weighted by molar-refractivity contribution is -0.121. The molecule has 6 heteroatoms. The molecule has 0 bridgehead atoms. The van der Waals surface area contributed by atoms with E-state index in [2.05, 4.69) is 36.3 Å². The lowest BCUT2D eigenvalue weighted by Gasteiger charge is -2.26. The molecule has 2 aromatic rings. The minimum absolute atomic E-state index is 0.0475. The lowest BCUT2D eigenvalue weighted by atomic mass is 9.84. The second-order valence-electron chi connectivity index (χ2n) is 7.68. The first kappa shape index (κ1) is 18.3. The van der Waals surface area contributed by atoms with E-state index < -0.39 is 0 Å². The van der Waals surface area contributed by atoms with Crippen LogP contribution in [0.5, 0.6) is 11.5 Å². The fourth-order valence-corrected chi connectivity index (χ4v) is 3.48. The van der Waals surface area contributed by atoms with Gasteiger partial charge >= 0.3 is 0 Å². The van der Waals surface area contributed by atoms with Gasteiger partial charge in [-0.1, -0.05) is 26.8 Å². The summed E-state index contributed by atoms with van der Waals surface area (Å²) in [5.41, 5.74) is 4.03. The number of aromatic nitrogens is 2. The minimum atomic E-state index is -0.207. The van der Waals surface area contributed by atoms with E-state index in [0.717, 1.165) is 34.0 Å². The van der Waals surface area contributed by atoms with Crippen molar-refractivity contribution in [2.75, 3.05) is 13.3 Å². The number of benzene rings is 1. The van der Waals surface area contributed by atoms with Crippen molar-refractivity contribution in [1.82, 2.24) is 15.5 Å². The van der Waals surface area contributed by atoms with Crippen molar-refractivity contribution in [2.24, 2.45) is 0 Å². The summed E-state index contributed by atoms with van der Waals surface area (Å²) in [5, 5.41) is 10.3. The van der Waals surface area contributed by atoms with Crippen LogP contribution < -0.4 is 14.8 Å². The SMILES string of the molecule is Cc1n[nH]c(C)c1[C@H](C)CC(=O)NCC(C)(C)c1ccc2c(c1)OCO2. The van der Waals surface area contributed by atoms with E-state index in [1.807, 2.05) is 32.0 Å². The predicted molar refractivity (Wildman–Crippen MR) is 99.7 cm³/mol. The Labute approximate surface area is 154 Å².